The highest BCUT2D eigenvalue weighted by atomic mass is 32.2. The second kappa shape index (κ2) is 15.1. The highest BCUT2D eigenvalue weighted by Gasteiger charge is 2.62. The van der Waals surface area contributed by atoms with Gasteiger partial charge in [0.15, 0.2) is 0 Å². The van der Waals surface area contributed by atoms with E-state index in [1.807, 2.05) is 48.5 Å². The second-order valence-electron chi connectivity index (χ2n) is 16.0. The number of hydrogen-bond acceptors (Lipinski definition) is 9. The van der Waals surface area contributed by atoms with Crippen LogP contribution in [0.15, 0.2) is 66.3 Å². The van der Waals surface area contributed by atoms with Gasteiger partial charge >= 0.3 is 6.09 Å². The number of nitrogens with one attached hydrogen (secondary N) is 3. The number of carbonyl (C=O) groups is 4. The number of likely N-dealkylation sites (tertiary alicyclic amines) is 1. The van der Waals surface area contributed by atoms with Gasteiger partial charge in [-0.25, -0.2) is 13.2 Å². The molecule has 0 aromatic heterocycles. The van der Waals surface area contributed by atoms with Crippen LogP contribution in [0.25, 0.3) is 11.1 Å². The van der Waals surface area contributed by atoms with Crippen LogP contribution in [0.4, 0.5) is 4.79 Å². The van der Waals surface area contributed by atoms with Gasteiger partial charge in [0.2, 0.25) is 21.8 Å². The summed E-state index contributed by atoms with van der Waals surface area (Å²) in [5.41, 5.74) is 2.99. The molecule has 2 aromatic carbocycles. The van der Waals surface area contributed by atoms with E-state index in [1.54, 1.807) is 0 Å². The van der Waals surface area contributed by atoms with Gasteiger partial charge in [0, 0.05) is 23.5 Å². The fourth-order valence-corrected chi connectivity index (χ4v) is 10.3. The number of carbonyl (C=O) groups excluding carboxylic acids is 4. The number of ether oxygens (including phenoxy) is 1. The van der Waals surface area contributed by atoms with Gasteiger partial charge in [0.25, 0.3) is 5.91 Å². The van der Waals surface area contributed by atoms with Gasteiger partial charge in [-0.1, -0.05) is 79.0 Å². The van der Waals surface area contributed by atoms with Crippen molar-refractivity contribution in [2.24, 2.45) is 17.0 Å². The Balaban J connectivity index is 1.07. The van der Waals surface area contributed by atoms with Crippen molar-refractivity contribution in [3.05, 3.63) is 72.3 Å². The molecule has 0 spiro atoms. The van der Waals surface area contributed by atoms with Gasteiger partial charge in [-0.2, -0.15) is 0 Å². The monoisotopic (exact) mass is 771 g/mol. The molecular weight excluding hydrogens is 723 g/mol. The zero-order valence-corrected chi connectivity index (χ0v) is 31.7. The summed E-state index contributed by atoms with van der Waals surface area (Å²) in [6.45, 7) is 3.81. The van der Waals surface area contributed by atoms with E-state index in [-0.39, 0.29) is 31.4 Å². The van der Waals surface area contributed by atoms with Crippen LogP contribution in [0, 0.1) is 11.8 Å². The minimum absolute atomic E-state index is 0.000289. The summed E-state index contributed by atoms with van der Waals surface area (Å²) in [6, 6.07) is 13.8. The van der Waals surface area contributed by atoms with Crippen molar-refractivity contribution in [1.82, 2.24) is 20.3 Å². The van der Waals surface area contributed by atoms with E-state index in [4.69, 9.17) is 9.57 Å². The first kappa shape index (κ1) is 37.2. The lowest BCUT2D eigenvalue weighted by atomic mass is 9.83. The van der Waals surface area contributed by atoms with Gasteiger partial charge in [-0.3, -0.25) is 19.1 Å². The minimum Gasteiger partial charge on any atom is -0.446 e. The number of amides is 4. The number of hydrogen-bond donors (Lipinski definition) is 3. The summed E-state index contributed by atoms with van der Waals surface area (Å²) in [5, 5.41) is 9.75. The second-order valence-corrected chi connectivity index (χ2v) is 18.0. The summed E-state index contributed by atoms with van der Waals surface area (Å²) in [7, 11) is -3.89. The molecule has 14 heteroatoms. The van der Waals surface area contributed by atoms with Crippen LogP contribution in [-0.2, 0) is 34.0 Å². The third-order valence-electron chi connectivity index (χ3n) is 12.3. The van der Waals surface area contributed by atoms with Crippen LogP contribution in [0.5, 0.6) is 0 Å². The molecule has 4 saturated carbocycles. The Kier molecular flexibility index (Phi) is 10.2. The number of oxime groups is 1. The van der Waals surface area contributed by atoms with E-state index in [9.17, 15) is 27.6 Å². The molecule has 0 bridgehead atoms. The molecule has 13 nitrogen and oxygen atoms in total. The number of nitrogens with zero attached hydrogens (tertiary/aromatic N) is 2. The number of sulfonamides is 1. The van der Waals surface area contributed by atoms with Crippen molar-refractivity contribution < 1.29 is 37.2 Å². The average molecular weight is 772 g/mol. The molecule has 55 heavy (non-hydrogen) atoms. The zero-order valence-electron chi connectivity index (χ0n) is 30.9. The maximum atomic E-state index is 14.8. The predicted molar refractivity (Wildman–Crippen MR) is 204 cm³/mol. The fraction of sp³-hybridized carbons (Fsp3) is 0.537. The molecular formula is C41H49N5O8S. The molecule has 1 saturated heterocycles. The molecule has 5 aliphatic carbocycles. The summed E-state index contributed by atoms with van der Waals surface area (Å²) in [6.07, 6.45) is 8.99. The molecule has 3 N–H and O–H groups in total. The Labute approximate surface area is 321 Å². The Hall–Kier alpha value is -4.72. The largest absolute Gasteiger partial charge is 0.446 e. The van der Waals surface area contributed by atoms with Crippen LogP contribution in [0.3, 0.4) is 0 Å². The first-order chi connectivity index (χ1) is 26.6. The highest BCUT2D eigenvalue weighted by molar-refractivity contribution is 7.91. The van der Waals surface area contributed by atoms with Crippen LogP contribution in [-0.4, -0.2) is 84.5 Å². The van der Waals surface area contributed by atoms with Gasteiger partial charge in [0.1, 0.15) is 35.5 Å². The maximum Gasteiger partial charge on any atom is 0.408 e. The maximum absolute atomic E-state index is 14.8. The predicted octanol–water partition coefficient (Wildman–Crippen LogP) is 4.69. The van der Waals surface area contributed by atoms with Crippen molar-refractivity contribution in [3.63, 3.8) is 0 Å². The van der Waals surface area contributed by atoms with E-state index >= 15 is 0 Å². The molecule has 5 fully saturated rings. The summed E-state index contributed by atoms with van der Waals surface area (Å²) < 4.78 is 33.4. The van der Waals surface area contributed by atoms with Crippen LogP contribution in [0.2, 0.25) is 0 Å². The van der Waals surface area contributed by atoms with Crippen molar-refractivity contribution in [3.8, 4) is 11.1 Å². The molecule has 1 aliphatic heterocycles. The molecule has 4 amide bonds. The van der Waals surface area contributed by atoms with Gasteiger partial charge in [-0.05, 0) is 74.8 Å². The third-order valence-corrected chi connectivity index (χ3v) is 14.1. The van der Waals surface area contributed by atoms with Gasteiger partial charge in [-0.15, -0.1) is 6.58 Å². The summed E-state index contributed by atoms with van der Waals surface area (Å²) in [4.78, 5) is 63.7. The molecule has 0 unspecified atom stereocenters. The van der Waals surface area contributed by atoms with Crippen molar-refractivity contribution in [1.29, 1.82) is 0 Å². The lowest BCUT2D eigenvalue weighted by Crippen LogP contribution is -2.59. The summed E-state index contributed by atoms with van der Waals surface area (Å²) in [5.74, 6) is -2.53. The van der Waals surface area contributed by atoms with E-state index in [0.717, 1.165) is 80.0 Å². The smallest absolute Gasteiger partial charge is 0.408 e. The molecule has 2 aromatic rings. The lowest BCUT2D eigenvalue weighted by Gasteiger charge is -2.34. The first-order valence-corrected chi connectivity index (χ1v) is 21.3. The number of benzene rings is 2. The number of alkyl carbamates (subject to hydrolysis) is 1. The first-order valence-electron chi connectivity index (χ1n) is 19.8. The minimum atomic E-state index is -3.89. The fourth-order valence-electron chi connectivity index (χ4n) is 8.95. The van der Waals surface area contributed by atoms with Crippen molar-refractivity contribution in [2.45, 2.75) is 119 Å². The Morgan fingerprint density at radius 3 is 2.07 bits per heavy atom. The van der Waals surface area contributed by atoms with E-state index in [0.29, 0.717) is 18.6 Å². The molecule has 1 heterocycles. The molecule has 0 radical (unpaired) electrons. The SMILES string of the molecule is C=C[C@@H]1C[C@@]1(NC(=O)[C@@H]1C[C@@H](ON=C2c3ccccc3-c3ccccc32)CN1C(=O)[C@@H](NC(=O)OC1CCCC1)C1CCCCC1)C(=O)NS(=O)(=O)C1CC1. The molecule has 8 rings (SSSR count). The number of rotatable bonds is 12. The zero-order chi connectivity index (χ0) is 38.3. The Bertz CT molecular complexity index is 1960. The van der Waals surface area contributed by atoms with Crippen molar-refractivity contribution >= 4 is 39.5 Å². The highest BCUT2D eigenvalue weighted by Crippen LogP contribution is 2.46. The Morgan fingerprint density at radius 1 is 0.855 bits per heavy atom. The average Bonchev–Trinajstić information content (AvgIpc) is 4.03. The van der Waals surface area contributed by atoms with E-state index in [1.165, 1.54) is 11.0 Å². The van der Waals surface area contributed by atoms with Crippen molar-refractivity contribution in [2.75, 3.05) is 6.54 Å². The molecule has 6 aliphatic rings. The van der Waals surface area contributed by atoms with Gasteiger partial charge in [0.05, 0.1) is 11.8 Å². The summed E-state index contributed by atoms with van der Waals surface area (Å²) >= 11 is 0. The molecule has 292 valence electrons. The van der Waals surface area contributed by atoms with Crippen LogP contribution in [0.1, 0.15) is 94.6 Å². The Morgan fingerprint density at radius 2 is 1.47 bits per heavy atom. The quantitative estimate of drug-likeness (QED) is 0.176. The van der Waals surface area contributed by atoms with Crippen LogP contribution >= 0.6 is 0 Å². The molecule has 5 atom stereocenters. The van der Waals surface area contributed by atoms with Crippen LogP contribution < -0.4 is 15.4 Å². The van der Waals surface area contributed by atoms with Gasteiger partial charge < -0.3 is 25.1 Å². The lowest BCUT2D eigenvalue weighted by molar-refractivity contribution is -0.142. The topological polar surface area (TPSA) is 173 Å². The normalized spacial score (nSPS) is 26.7. The number of fused-ring (bicyclic) bond motifs is 3. The van der Waals surface area contributed by atoms with E-state index in [2.05, 4.69) is 27.1 Å². The van der Waals surface area contributed by atoms with E-state index < -0.39 is 68.7 Å². The third kappa shape index (κ3) is 7.49. The standard InChI is InChI=1S/C41H49N5O8S/c1-2-26-23-41(26,39(49)45-55(51,52)29-20-21-29)43-37(47)34-22-28(54-44-36-32-18-10-8-16-30(32)31-17-9-11-19-33(31)36)24-46(34)38(48)35(25-12-4-3-5-13-25)42-40(50)53-27-14-6-7-15-27/h2,8-11,16-19,25-29,34-35H,1,3-7,12-15,20-24H2,(H,42,50)(H,43,47)(H,45,49)/t26-,28-,34+,35+,41+/m1/s1.